The Morgan fingerprint density at radius 1 is 0.324 bits per heavy atom. The second-order valence-electron chi connectivity index (χ2n) is 21.1. The number of hydrogen-bond acceptors (Lipinski definition) is 5. The van der Waals surface area contributed by atoms with E-state index in [2.05, 4.69) is 111 Å². The fourth-order valence-electron chi connectivity index (χ4n) is 9.12. The molecule has 0 aliphatic heterocycles. The van der Waals surface area contributed by atoms with Gasteiger partial charge in [-0.05, 0) is 96.3 Å². The summed E-state index contributed by atoms with van der Waals surface area (Å²) in [5, 5.41) is 9.66. The monoisotopic (exact) mass is 1030 g/mol. The topological polar surface area (TPSA) is 72.8 Å². The van der Waals surface area contributed by atoms with Gasteiger partial charge in [-0.3, -0.25) is 9.59 Å². The van der Waals surface area contributed by atoms with Gasteiger partial charge < -0.3 is 14.6 Å². The summed E-state index contributed by atoms with van der Waals surface area (Å²) in [5.41, 5.74) is 0. The van der Waals surface area contributed by atoms with Gasteiger partial charge in [0.1, 0.15) is 6.61 Å². The van der Waals surface area contributed by atoms with Gasteiger partial charge in [0, 0.05) is 12.8 Å². The molecular weight excluding hydrogens is 909 g/mol. The molecular formula is C69H120O5. The van der Waals surface area contributed by atoms with E-state index < -0.39 is 6.10 Å². The number of unbranched alkanes of at least 4 members (excludes halogenated alkanes) is 34. The summed E-state index contributed by atoms with van der Waals surface area (Å²) in [6.45, 7) is 4.02. The van der Waals surface area contributed by atoms with Crippen molar-refractivity contribution in [3.8, 4) is 0 Å². The molecule has 5 heteroatoms. The molecule has 0 aromatic rings. The highest BCUT2D eigenvalue weighted by molar-refractivity contribution is 5.70. The lowest BCUT2D eigenvalue weighted by molar-refractivity contribution is -0.161. The van der Waals surface area contributed by atoms with E-state index in [4.69, 9.17) is 9.47 Å². The lowest BCUT2D eigenvalue weighted by Crippen LogP contribution is -2.28. The number of allylic oxidation sites excluding steroid dienone is 16. The fraction of sp³-hybridized carbons (Fsp3) is 0.739. The first-order chi connectivity index (χ1) is 36.6. The SMILES string of the molecule is CC/C=C\C/C=C\C/C=C\C/C=C\C/C=C\CCCCCCCC(=O)OC(CO)COC(=O)CCCCCCCCCCCCCCCCCCCCCCCCCC/C=C\C/C=C\C/C=C\CCCCCCC. The van der Waals surface area contributed by atoms with Crippen molar-refractivity contribution in [2.45, 2.75) is 315 Å². The van der Waals surface area contributed by atoms with E-state index in [9.17, 15) is 14.7 Å². The van der Waals surface area contributed by atoms with Crippen LogP contribution in [0.3, 0.4) is 0 Å². The molecule has 1 atom stereocenters. The second-order valence-corrected chi connectivity index (χ2v) is 21.1. The average Bonchev–Trinajstić information content (AvgIpc) is 3.40. The van der Waals surface area contributed by atoms with Crippen molar-refractivity contribution in [2.24, 2.45) is 0 Å². The van der Waals surface area contributed by atoms with Crippen LogP contribution in [0.1, 0.15) is 309 Å². The lowest BCUT2D eigenvalue weighted by atomic mass is 10.0. The lowest BCUT2D eigenvalue weighted by Gasteiger charge is -2.15. The maximum absolute atomic E-state index is 12.3. The van der Waals surface area contributed by atoms with Crippen molar-refractivity contribution in [1.82, 2.24) is 0 Å². The standard InChI is InChI=1S/C69H120O5/c1-3-5-7-9-11-13-15-17-19-21-23-25-26-27-28-29-30-31-32-33-34-35-36-37-38-39-40-41-42-44-45-47-49-51-53-55-57-59-61-63-68(71)73-66-67(65-70)74-69(72)64-62-60-58-56-54-52-50-48-46-43-24-22-20-18-16-14-12-10-8-6-4-2/h6,8,12,14-15,17-18,20-21,23-24,26-27,43,48,50,67,70H,3-5,7,9-11,13,16,19,22,25,28-42,44-47,49,51-66H2,1-2H3/b8-6-,14-12-,17-15-,20-18-,23-21-,27-26-,43-24-,50-48-. The number of rotatable bonds is 58. The molecule has 426 valence electrons. The van der Waals surface area contributed by atoms with Crippen LogP contribution in [0.25, 0.3) is 0 Å². The van der Waals surface area contributed by atoms with Crippen LogP contribution in [0.2, 0.25) is 0 Å². The summed E-state index contributed by atoms with van der Waals surface area (Å²) in [6, 6.07) is 0. The normalized spacial score (nSPS) is 12.9. The molecule has 0 aliphatic carbocycles. The van der Waals surface area contributed by atoms with Crippen molar-refractivity contribution in [3.05, 3.63) is 97.2 Å². The Bertz CT molecular complexity index is 1400. The minimum absolute atomic E-state index is 0.0755. The highest BCUT2D eigenvalue weighted by Gasteiger charge is 2.16. The van der Waals surface area contributed by atoms with Gasteiger partial charge in [-0.25, -0.2) is 0 Å². The summed E-state index contributed by atoms with van der Waals surface area (Å²) in [4.78, 5) is 24.6. The predicted molar refractivity (Wildman–Crippen MR) is 325 cm³/mol. The number of aliphatic hydroxyl groups excluding tert-OH is 1. The largest absolute Gasteiger partial charge is 0.462 e. The van der Waals surface area contributed by atoms with Gasteiger partial charge in [-0.2, -0.15) is 0 Å². The molecule has 0 aliphatic rings. The van der Waals surface area contributed by atoms with Gasteiger partial charge in [0.05, 0.1) is 6.61 Å². The summed E-state index contributed by atoms with van der Waals surface area (Å²) in [7, 11) is 0. The maximum atomic E-state index is 12.3. The Balaban J connectivity index is 3.44. The zero-order valence-corrected chi connectivity index (χ0v) is 48.8. The fourth-order valence-corrected chi connectivity index (χ4v) is 9.12. The molecule has 0 fully saturated rings. The van der Waals surface area contributed by atoms with Crippen LogP contribution in [-0.2, 0) is 19.1 Å². The highest BCUT2D eigenvalue weighted by Crippen LogP contribution is 2.17. The number of carbonyl (C=O) groups excluding carboxylic acids is 2. The first-order valence-corrected chi connectivity index (χ1v) is 31.8. The van der Waals surface area contributed by atoms with Crippen molar-refractivity contribution >= 4 is 11.9 Å². The molecule has 1 N–H and O–H groups in total. The molecule has 0 heterocycles. The molecule has 1 unspecified atom stereocenters. The quantitative estimate of drug-likeness (QED) is 0.0373. The van der Waals surface area contributed by atoms with Gasteiger partial charge in [0.15, 0.2) is 6.10 Å². The third-order valence-corrected chi connectivity index (χ3v) is 13.9. The van der Waals surface area contributed by atoms with Gasteiger partial charge in [-0.15, -0.1) is 0 Å². The number of carbonyl (C=O) groups is 2. The van der Waals surface area contributed by atoms with E-state index >= 15 is 0 Å². The average molecular weight is 1030 g/mol. The van der Waals surface area contributed by atoms with Crippen molar-refractivity contribution in [2.75, 3.05) is 13.2 Å². The second kappa shape index (κ2) is 64.1. The van der Waals surface area contributed by atoms with Crippen molar-refractivity contribution < 1.29 is 24.2 Å². The number of aliphatic hydroxyl groups is 1. The number of ether oxygens (including phenoxy) is 2. The Hall–Kier alpha value is -3.18. The van der Waals surface area contributed by atoms with Gasteiger partial charge in [0.2, 0.25) is 0 Å². The van der Waals surface area contributed by atoms with E-state index in [1.165, 1.54) is 180 Å². The van der Waals surface area contributed by atoms with E-state index in [0.29, 0.717) is 12.8 Å². The minimum Gasteiger partial charge on any atom is -0.462 e. The Morgan fingerprint density at radius 2 is 0.581 bits per heavy atom. The van der Waals surface area contributed by atoms with Crippen LogP contribution in [0.5, 0.6) is 0 Å². The predicted octanol–water partition coefficient (Wildman–Crippen LogP) is 21.9. The molecule has 0 radical (unpaired) electrons. The Kier molecular flexibility index (Phi) is 61.4. The summed E-state index contributed by atoms with van der Waals surface area (Å²) in [6.07, 6.45) is 91.3. The summed E-state index contributed by atoms with van der Waals surface area (Å²) < 4.78 is 10.7. The van der Waals surface area contributed by atoms with Crippen LogP contribution < -0.4 is 0 Å². The van der Waals surface area contributed by atoms with Crippen LogP contribution >= 0.6 is 0 Å². The summed E-state index contributed by atoms with van der Waals surface area (Å²) >= 11 is 0. The van der Waals surface area contributed by atoms with Crippen LogP contribution in [0.15, 0.2) is 97.2 Å². The van der Waals surface area contributed by atoms with Crippen molar-refractivity contribution in [1.29, 1.82) is 0 Å². The van der Waals surface area contributed by atoms with Gasteiger partial charge in [-0.1, -0.05) is 297 Å². The number of hydrogen-bond donors (Lipinski definition) is 1. The van der Waals surface area contributed by atoms with Crippen LogP contribution in [0.4, 0.5) is 0 Å². The molecule has 0 saturated carbocycles. The molecule has 0 saturated heterocycles. The molecule has 0 spiro atoms. The molecule has 0 bridgehead atoms. The third-order valence-electron chi connectivity index (χ3n) is 13.9. The Labute approximate surface area is 459 Å². The maximum Gasteiger partial charge on any atom is 0.306 e. The molecule has 0 aromatic carbocycles. The molecule has 74 heavy (non-hydrogen) atoms. The molecule has 5 nitrogen and oxygen atoms in total. The minimum atomic E-state index is -0.787. The zero-order chi connectivity index (χ0) is 53.4. The molecule has 0 rings (SSSR count). The smallest absolute Gasteiger partial charge is 0.306 e. The Morgan fingerprint density at radius 3 is 0.878 bits per heavy atom. The van der Waals surface area contributed by atoms with Crippen LogP contribution in [0, 0.1) is 0 Å². The van der Waals surface area contributed by atoms with E-state index in [1.54, 1.807) is 0 Å². The number of esters is 2. The van der Waals surface area contributed by atoms with Crippen LogP contribution in [-0.4, -0.2) is 36.4 Å². The zero-order valence-electron chi connectivity index (χ0n) is 48.8. The third kappa shape index (κ3) is 61.4. The molecule has 0 aromatic heterocycles. The van der Waals surface area contributed by atoms with E-state index in [0.717, 1.165) is 103 Å². The van der Waals surface area contributed by atoms with Crippen molar-refractivity contribution in [3.63, 3.8) is 0 Å². The summed E-state index contributed by atoms with van der Waals surface area (Å²) in [5.74, 6) is -0.606. The van der Waals surface area contributed by atoms with E-state index in [1.807, 2.05) is 0 Å². The first-order valence-electron chi connectivity index (χ1n) is 31.8. The molecule has 0 amide bonds. The van der Waals surface area contributed by atoms with E-state index in [-0.39, 0.29) is 25.2 Å². The highest BCUT2D eigenvalue weighted by atomic mass is 16.6. The first kappa shape index (κ1) is 70.8. The van der Waals surface area contributed by atoms with Gasteiger partial charge >= 0.3 is 11.9 Å². The van der Waals surface area contributed by atoms with Gasteiger partial charge in [0.25, 0.3) is 0 Å².